The third-order valence-electron chi connectivity index (χ3n) is 28.1. The van der Waals surface area contributed by atoms with Crippen LogP contribution >= 0.6 is 0 Å². The van der Waals surface area contributed by atoms with E-state index < -0.39 is 18.8 Å². The molecule has 0 aromatic heterocycles. The summed E-state index contributed by atoms with van der Waals surface area (Å²) >= 11 is 0. The van der Waals surface area contributed by atoms with Gasteiger partial charge < -0.3 is 19.3 Å². The maximum absolute atomic E-state index is 8.47. The van der Waals surface area contributed by atoms with Crippen LogP contribution in [-0.4, -0.2) is 13.4 Å². The molecule has 136 heavy (non-hydrogen) atoms. The van der Waals surface area contributed by atoms with Crippen molar-refractivity contribution in [1.29, 1.82) is 0 Å². The number of nitrogens with zero attached hydrogens (tertiary/aromatic N) is 2. The Bertz CT molecular complexity index is 8180. The van der Waals surface area contributed by atoms with Crippen molar-refractivity contribution in [1.82, 2.24) is 0 Å². The Kier molecular flexibility index (Phi) is 20.0. The molecule has 0 fully saturated rings. The minimum Gasteiger partial charge on any atom is -0.459 e. The van der Waals surface area contributed by atoms with E-state index in [4.69, 9.17) is 9.47 Å². The van der Waals surface area contributed by atoms with E-state index in [1.807, 2.05) is 0 Å². The zero-order valence-electron chi connectivity index (χ0n) is 75.6. The van der Waals surface area contributed by atoms with E-state index in [1.165, 1.54) is 0 Å². The molecule has 0 bridgehead atoms. The number of hydrogen-bond acceptors (Lipinski definition) is 4. The standard InChI is InChI=1S/C130H90B2N2O2/c1-130(2,3)108-82-118-123-119(83-108)134(127-110(93-53-29-12-30-54-93)64-36-66-112(127)102-61-33-57-96(73-102)87-41-17-6-18-42-87)120-84-122-125-129(135-121-70-68-99(89-45-21-8-22-46-89)79-115(121)131(125)116-80-107(98-59-31-55-94(71-98)85-37-13-4-14-38-85)78-113(128(116)136-122)103-62-34-58-97(74-103)88-43-19-7-20-44-88)124(120)132(123)114-69-67-100(106-76-104(90-47-23-9-24-48-90)75-105(77-106)91-49-25-10-26-50-91)81-117(114)133(118)126-109(92-51-27-11-28-52-92)63-35-65-111(126)101-60-32-56-95(72-101)86-39-15-5-16-40-86/h4-84H,1-3H3. The first kappa shape index (κ1) is 81.0. The van der Waals surface area contributed by atoms with Crippen molar-refractivity contribution < 1.29 is 9.47 Å². The van der Waals surface area contributed by atoms with Gasteiger partial charge in [0, 0.05) is 62.1 Å². The summed E-state index contributed by atoms with van der Waals surface area (Å²) in [6, 6.07) is 182. The zero-order chi connectivity index (χ0) is 90.5. The summed E-state index contributed by atoms with van der Waals surface area (Å²) in [7, 11) is 0. The molecule has 4 aliphatic rings. The van der Waals surface area contributed by atoms with Crippen LogP contribution in [0.1, 0.15) is 26.3 Å². The second-order valence-corrected chi connectivity index (χ2v) is 37.3. The smallest absolute Gasteiger partial charge is 0.260 e. The molecule has 0 amide bonds. The molecule has 0 radical (unpaired) electrons. The molecule has 0 N–H and O–H groups in total. The van der Waals surface area contributed by atoms with Gasteiger partial charge in [-0.1, -0.05) is 433 Å². The van der Waals surface area contributed by atoms with Crippen LogP contribution in [0.5, 0.6) is 23.0 Å². The molecule has 0 saturated carbocycles. The van der Waals surface area contributed by atoms with Gasteiger partial charge in [0.1, 0.15) is 23.0 Å². The van der Waals surface area contributed by atoms with Gasteiger partial charge in [0.05, 0.1) is 11.4 Å². The Labute approximate surface area is 795 Å². The Morgan fingerprint density at radius 1 is 0.176 bits per heavy atom. The van der Waals surface area contributed by atoms with Gasteiger partial charge in [0.2, 0.25) is 0 Å². The maximum Gasteiger partial charge on any atom is 0.260 e. The number of para-hydroxylation sites is 2. The number of benzene rings is 21. The van der Waals surface area contributed by atoms with Crippen molar-refractivity contribution in [3.05, 3.63) is 497 Å². The number of rotatable bonds is 16. The number of hydrogen-bond donors (Lipinski definition) is 0. The molecule has 0 aliphatic carbocycles. The summed E-state index contributed by atoms with van der Waals surface area (Å²) in [6.07, 6.45) is 0. The maximum atomic E-state index is 8.47. The van der Waals surface area contributed by atoms with Crippen molar-refractivity contribution in [2.24, 2.45) is 0 Å². The average molecular weight is 1730 g/mol. The fourth-order valence-electron chi connectivity index (χ4n) is 21.5. The first-order chi connectivity index (χ1) is 67.1. The minimum absolute atomic E-state index is 0.451. The van der Waals surface area contributed by atoms with Crippen molar-refractivity contribution in [3.8, 4) is 179 Å². The van der Waals surface area contributed by atoms with Crippen LogP contribution in [-0.2, 0) is 5.41 Å². The summed E-state index contributed by atoms with van der Waals surface area (Å²) < 4.78 is 16.9. The SMILES string of the molecule is CC(C)(C)c1cc2c3c(c1)N(c1c(-c4ccccc4)cccc1-c1cccc(-c4ccccc4)c1)c1cc4c5c(c1B3c1ccc(-c3cc(-c6ccccc6)cc(-c6ccccc6)c3)cc1N2c1c(-c2ccccc2)cccc1-c1cccc(-c2ccccc2)c1)Oc1ccc(-c2ccccc2)cc1B5c1cc(-c2cccc(-c3ccccc3)c2)cc(-c2cccc(-c3ccccc3)c2)c1O4. The van der Waals surface area contributed by atoms with Crippen molar-refractivity contribution in [3.63, 3.8) is 0 Å². The lowest BCUT2D eigenvalue weighted by Crippen LogP contribution is -2.65. The van der Waals surface area contributed by atoms with E-state index >= 15 is 0 Å². The molecule has 0 atom stereocenters. The van der Waals surface area contributed by atoms with Gasteiger partial charge in [-0.05, 0) is 239 Å². The number of anilines is 6. The van der Waals surface area contributed by atoms with E-state index in [0.717, 1.165) is 245 Å². The van der Waals surface area contributed by atoms with Crippen molar-refractivity contribution >= 4 is 80.3 Å². The molecule has 4 aliphatic heterocycles. The van der Waals surface area contributed by atoms with E-state index in [-0.39, 0.29) is 0 Å². The molecule has 21 aromatic rings. The fraction of sp³-hybridized carbons (Fsp3) is 0.0308. The van der Waals surface area contributed by atoms with Gasteiger partial charge in [-0.25, -0.2) is 0 Å². The molecule has 638 valence electrons. The van der Waals surface area contributed by atoms with Gasteiger partial charge in [-0.2, -0.15) is 0 Å². The third kappa shape index (κ3) is 14.4. The van der Waals surface area contributed by atoms with Crippen LogP contribution < -0.4 is 52.1 Å². The lowest BCUT2D eigenvalue weighted by molar-refractivity contribution is 0.468. The third-order valence-corrected chi connectivity index (χ3v) is 28.1. The molecule has 4 heterocycles. The molecule has 0 unspecified atom stereocenters. The Hall–Kier alpha value is -17.1. The molecule has 25 rings (SSSR count). The second-order valence-electron chi connectivity index (χ2n) is 37.3. The molecule has 0 spiro atoms. The summed E-state index contributed by atoms with van der Waals surface area (Å²) in [5, 5.41) is 0. The van der Waals surface area contributed by atoms with Crippen LogP contribution in [0.3, 0.4) is 0 Å². The van der Waals surface area contributed by atoms with Crippen LogP contribution in [0.2, 0.25) is 0 Å². The molecule has 4 nitrogen and oxygen atoms in total. The quantitative estimate of drug-likeness (QED) is 0.0900. The number of fused-ring (bicyclic) bond motifs is 9. The average Bonchev–Trinajstić information content (AvgIpc) is 0.671. The van der Waals surface area contributed by atoms with Crippen molar-refractivity contribution in [2.45, 2.75) is 26.2 Å². The predicted molar refractivity (Wildman–Crippen MR) is 573 cm³/mol. The van der Waals surface area contributed by atoms with Crippen molar-refractivity contribution in [2.75, 3.05) is 9.80 Å². The lowest BCUT2D eigenvalue weighted by atomic mass is 9.30. The molecule has 21 aromatic carbocycles. The molecule has 6 heteroatoms. The van der Waals surface area contributed by atoms with E-state index in [0.29, 0.717) is 5.75 Å². The zero-order valence-corrected chi connectivity index (χ0v) is 75.6. The van der Waals surface area contributed by atoms with E-state index in [2.05, 4.69) is 522 Å². The predicted octanol–water partition coefficient (Wildman–Crippen LogP) is 31.1. The topological polar surface area (TPSA) is 24.9 Å². The fourth-order valence-corrected chi connectivity index (χ4v) is 21.5. The van der Waals surface area contributed by atoms with Crippen LogP contribution in [0.15, 0.2) is 491 Å². The Morgan fingerprint density at radius 2 is 0.471 bits per heavy atom. The van der Waals surface area contributed by atoms with Gasteiger partial charge in [0.15, 0.2) is 0 Å². The molecule has 0 saturated heterocycles. The molecular weight excluding hydrogens is 1640 g/mol. The van der Waals surface area contributed by atoms with Gasteiger partial charge in [-0.3, -0.25) is 0 Å². The van der Waals surface area contributed by atoms with E-state index in [1.54, 1.807) is 0 Å². The van der Waals surface area contributed by atoms with E-state index in [9.17, 15) is 0 Å². The first-order valence-corrected chi connectivity index (χ1v) is 47.2. The first-order valence-electron chi connectivity index (χ1n) is 47.2. The van der Waals surface area contributed by atoms with Crippen LogP contribution in [0.25, 0.3) is 156 Å². The lowest BCUT2D eigenvalue weighted by Gasteiger charge is -2.48. The van der Waals surface area contributed by atoms with Gasteiger partial charge in [0.25, 0.3) is 13.4 Å². The van der Waals surface area contributed by atoms with Gasteiger partial charge in [-0.15, -0.1) is 0 Å². The van der Waals surface area contributed by atoms with Gasteiger partial charge >= 0.3 is 0 Å². The Balaban J connectivity index is 0.839. The Morgan fingerprint density at radius 3 is 0.897 bits per heavy atom. The largest absolute Gasteiger partial charge is 0.459 e. The van der Waals surface area contributed by atoms with Crippen LogP contribution in [0, 0.1) is 0 Å². The normalized spacial score (nSPS) is 12.4. The highest BCUT2D eigenvalue weighted by atomic mass is 16.5. The summed E-state index contributed by atoms with van der Waals surface area (Å²) in [5.41, 5.74) is 43.9. The van der Waals surface area contributed by atoms with Crippen LogP contribution in [0.4, 0.5) is 34.1 Å². The summed E-state index contributed by atoms with van der Waals surface area (Å²) in [5.74, 6) is 3.04. The summed E-state index contributed by atoms with van der Waals surface area (Å²) in [4.78, 5) is 5.38. The summed E-state index contributed by atoms with van der Waals surface area (Å²) in [6.45, 7) is 6.17. The molecular formula is C130H90B2N2O2. The monoisotopic (exact) mass is 1730 g/mol. The number of ether oxygens (including phenoxy) is 2. The second kappa shape index (κ2) is 33.7. The highest BCUT2D eigenvalue weighted by Gasteiger charge is 2.52. The highest BCUT2D eigenvalue weighted by molar-refractivity contribution is 7.03. The highest BCUT2D eigenvalue weighted by Crippen LogP contribution is 2.57. The minimum atomic E-state index is -0.528.